The quantitative estimate of drug-likeness (QED) is 0.918. The fourth-order valence-corrected chi connectivity index (χ4v) is 3.65. The predicted octanol–water partition coefficient (Wildman–Crippen LogP) is 3.00. The van der Waals surface area contributed by atoms with E-state index in [2.05, 4.69) is 40.9 Å². The molecule has 0 radical (unpaired) electrons. The van der Waals surface area contributed by atoms with Crippen molar-refractivity contribution in [2.75, 3.05) is 6.54 Å². The maximum Gasteiger partial charge on any atom is 0.241 e. The molecule has 1 saturated carbocycles. The summed E-state index contributed by atoms with van der Waals surface area (Å²) in [5, 5.41) is 7.77. The molecule has 1 aromatic rings. The van der Waals surface area contributed by atoms with E-state index >= 15 is 0 Å². The highest BCUT2D eigenvalue weighted by Gasteiger charge is 2.42. The molecule has 1 aliphatic heterocycles. The minimum Gasteiger partial charge on any atom is -0.321 e. The summed E-state index contributed by atoms with van der Waals surface area (Å²) in [5.41, 5.74) is 1.24. The molecule has 104 valence electrons. The Morgan fingerprint density at radius 2 is 2.26 bits per heavy atom. The van der Waals surface area contributed by atoms with Gasteiger partial charge in [0.25, 0.3) is 0 Å². The van der Waals surface area contributed by atoms with Gasteiger partial charge >= 0.3 is 0 Å². The number of amides is 1. The fraction of sp³-hybridized carbons (Fsp3) is 0.667. The molecule has 0 aromatic carbocycles. The Morgan fingerprint density at radius 3 is 2.79 bits per heavy atom. The van der Waals surface area contributed by atoms with Crippen LogP contribution >= 0.6 is 11.3 Å². The molecule has 0 bridgehead atoms. The molecule has 3 rings (SSSR count). The average Bonchev–Trinajstić information content (AvgIpc) is 2.91. The van der Waals surface area contributed by atoms with Gasteiger partial charge in [-0.2, -0.15) is 11.3 Å². The van der Waals surface area contributed by atoms with E-state index in [0.717, 1.165) is 12.5 Å². The second-order valence-electron chi connectivity index (χ2n) is 6.14. The number of carbonyl (C=O) groups is 1. The normalized spacial score (nSPS) is 28.2. The maximum atomic E-state index is 12.6. The van der Waals surface area contributed by atoms with Gasteiger partial charge in [-0.1, -0.05) is 20.3 Å². The molecule has 1 amide bonds. The smallest absolute Gasteiger partial charge is 0.241 e. The molecule has 19 heavy (non-hydrogen) atoms. The van der Waals surface area contributed by atoms with Crippen LogP contribution in [0.4, 0.5) is 0 Å². The van der Waals surface area contributed by atoms with Crippen molar-refractivity contribution in [1.82, 2.24) is 10.2 Å². The van der Waals surface area contributed by atoms with Crippen LogP contribution in [0.1, 0.15) is 44.8 Å². The van der Waals surface area contributed by atoms with Gasteiger partial charge in [-0.3, -0.25) is 10.1 Å². The molecule has 0 spiro atoms. The number of hydrogen-bond acceptors (Lipinski definition) is 3. The molecule has 1 N–H and O–H groups in total. The van der Waals surface area contributed by atoms with E-state index in [4.69, 9.17) is 0 Å². The lowest BCUT2D eigenvalue weighted by molar-refractivity contribution is -0.131. The van der Waals surface area contributed by atoms with Crippen LogP contribution in [0, 0.1) is 11.8 Å². The summed E-state index contributed by atoms with van der Waals surface area (Å²) in [6.07, 6.45) is 3.99. The summed E-state index contributed by atoms with van der Waals surface area (Å²) in [6.45, 7) is 5.16. The molecule has 2 heterocycles. The van der Waals surface area contributed by atoms with E-state index in [0.29, 0.717) is 5.92 Å². The van der Waals surface area contributed by atoms with Crippen LogP contribution in [0.25, 0.3) is 0 Å². The lowest BCUT2D eigenvalue weighted by Gasteiger charge is -2.33. The molecule has 2 aliphatic rings. The molecule has 2 atom stereocenters. The SMILES string of the molecule is CC(C)C1NC(c2ccsc2)N(CC2CCC2)C1=O. The summed E-state index contributed by atoms with van der Waals surface area (Å²) in [5.74, 6) is 1.36. The highest BCUT2D eigenvalue weighted by atomic mass is 32.1. The topological polar surface area (TPSA) is 32.3 Å². The summed E-state index contributed by atoms with van der Waals surface area (Å²) in [6, 6.07) is 2.11. The first-order valence-corrected chi connectivity index (χ1v) is 8.19. The van der Waals surface area contributed by atoms with Crippen molar-refractivity contribution < 1.29 is 4.79 Å². The zero-order valence-corrected chi connectivity index (χ0v) is 12.5. The fourth-order valence-electron chi connectivity index (χ4n) is 2.97. The lowest BCUT2D eigenvalue weighted by Crippen LogP contribution is -2.38. The zero-order chi connectivity index (χ0) is 13.4. The van der Waals surface area contributed by atoms with E-state index < -0.39 is 0 Å². The summed E-state index contributed by atoms with van der Waals surface area (Å²) < 4.78 is 0. The number of thiophene rings is 1. The third-order valence-electron chi connectivity index (χ3n) is 4.40. The van der Waals surface area contributed by atoms with Gasteiger partial charge in [0.15, 0.2) is 0 Å². The van der Waals surface area contributed by atoms with Crippen molar-refractivity contribution in [3.8, 4) is 0 Å². The van der Waals surface area contributed by atoms with Crippen molar-refractivity contribution in [3.05, 3.63) is 22.4 Å². The van der Waals surface area contributed by atoms with E-state index in [9.17, 15) is 4.79 Å². The summed E-state index contributed by atoms with van der Waals surface area (Å²) in [4.78, 5) is 14.7. The van der Waals surface area contributed by atoms with Gasteiger partial charge in [-0.05, 0) is 47.1 Å². The van der Waals surface area contributed by atoms with Crippen LogP contribution in [0.15, 0.2) is 16.8 Å². The van der Waals surface area contributed by atoms with E-state index in [1.807, 2.05) is 0 Å². The Hall–Kier alpha value is -0.870. The van der Waals surface area contributed by atoms with Crippen molar-refractivity contribution in [3.63, 3.8) is 0 Å². The Morgan fingerprint density at radius 1 is 1.47 bits per heavy atom. The van der Waals surface area contributed by atoms with Gasteiger partial charge in [-0.25, -0.2) is 0 Å². The van der Waals surface area contributed by atoms with Gasteiger partial charge < -0.3 is 4.90 Å². The first kappa shape index (κ1) is 13.1. The number of nitrogens with zero attached hydrogens (tertiary/aromatic N) is 1. The lowest BCUT2D eigenvalue weighted by atomic mass is 9.85. The molecule has 1 aliphatic carbocycles. The largest absolute Gasteiger partial charge is 0.321 e. The van der Waals surface area contributed by atoms with Crippen LogP contribution in [-0.2, 0) is 4.79 Å². The van der Waals surface area contributed by atoms with Gasteiger partial charge in [0.2, 0.25) is 5.91 Å². The number of nitrogens with one attached hydrogen (secondary N) is 1. The predicted molar refractivity (Wildman–Crippen MR) is 77.9 cm³/mol. The minimum absolute atomic E-state index is 0.0232. The van der Waals surface area contributed by atoms with E-state index in [-0.39, 0.29) is 18.1 Å². The summed E-state index contributed by atoms with van der Waals surface area (Å²) in [7, 11) is 0. The first-order valence-electron chi connectivity index (χ1n) is 7.25. The average molecular weight is 278 g/mol. The van der Waals surface area contributed by atoms with E-state index in [1.54, 1.807) is 11.3 Å². The maximum absolute atomic E-state index is 12.6. The van der Waals surface area contributed by atoms with Crippen molar-refractivity contribution in [2.24, 2.45) is 11.8 Å². The van der Waals surface area contributed by atoms with Crippen LogP contribution in [0.5, 0.6) is 0 Å². The van der Waals surface area contributed by atoms with Gasteiger partial charge in [0, 0.05) is 6.54 Å². The highest BCUT2D eigenvalue weighted by molar-refractivity contribution is 7.07. The molecule has 1 saturated heterocycles. The van der Waals surface area contributed by atoms with Gasteiger partial charge in [0.05, 0.1) is 6.04 Å². The summed E-state index contributed by atoms with van der Waals surface area (Å²) >= 11 is 1.70. The Bertz CT molecular complexity index is 439. The third-order valence-corrected chi connectivity index (χ3v) is 5.10. The first-order chi connectivity index (χ1) is 9.16. The van der Waals surface area contributed by atoms with Crippen LogP contribution in [0.2, 0.25) is 0 Å². The molecule has 1 aromatic heterocycles. The number of rotatable bonds is 4. The standard InChI is InChI=1S/C15H22N2OS/c1-10(2)13-15(18)17(8-11-4-3-5-11)14(16-13)12-6-7-19-9-12/h6-7,9-11,13-14,16H,3-5,8H2,1-2H3. The monoisotopic (exact) mass is 278 g/mol. The van der Waals surface area contributed by atoms with Gasteiger partial charge in [0.1, 0.15) is 6.17 Å². The second kappa shape index (κ2) is 5.25. The Kier molecular flexibility index (Phi) is 3.63. The van der Waals surface area contributed by atoms with E-state index in [1.165, 1.54) is 24.8 Å². The molecule has 4 heteroatoms. The molecule has 3 nitrogen and oxygen atoms in total. The van der Waals surface area contributed by atoms with Crippen LogP contribution < -0.4 is 5.32 Å². The number of carbonyl (C=O) groups excluding carboxylic acids is 1. The molecular weight excluding hydrogens is 256 g/mol. The van der Waals surface area contributed by atoms with Crippen LogP contribution in [-0.4, -0.2) is 23.4 Å². The van der Waals surface area contributed by atoms with Crippen LogP contribution in [0.3, 0.4) is 0 Å². The number of hydrogen-bond donors (Lipinski definition) is 1. The second-order valence-corrected chi connectivity index (χ2v) is 6.92. The molecule has 2 fully saturated rings. The minimum atomic E-state index is -0.0232. The van der Waals surface area contributed by atoms with Crippen molar-refractivity contribution in [2.45, 2.75) is 45.3 Å². The molecular formula is C15H22N2OS. The third kappa shape index (κ3) is 2.43. The zero-order valence-electron chi connectivity index (χ0n) is 11.6. The van der Waals surface area contributed by atoms with Crippen molar-refractivity contribution in [1.29, 1.82) is 0 Å². The Balaban J connectivity index is 1.80. The van der Waals surface area contributed by atoms with Crippen molar-refractivity contribution >= 4 is 17.2 Å². The molecule has 2 unspecified atom stereocenters. The van der Waals surface area contributed by atoms with Gasteiger partial charge in [-0.15, -0.1) is 0 Å². The highest BCUT2D eigenvalue weighted by Crippen LogP contribution is 2.34. The Labute approximate surface area is 119 Å².